The Morgan fingerprint density at radius 1 is 1.26 bits per heavy atom. The van der Waals surface area contributed by atoms with Gasteiger partial charge in [0, 0.05) is 22.8 Å². The highest BCUT2D eigenvalue weighted by molar-refractivity contribution is 7.09. The topological polar surface area (TPSA) is 46.4 Å². The van der Waals surface area contributed by atoms with Gasteiger partial charge in [0.2, 0.25) is 0 Å². The minimum Gasteiger partial charge on any atom is -0.334 e. The summed E-state index contributed by atoms with van der Waals surface area (Å²) in [6.45, 7) is 5.47. The van der Waals surface area contributed by atoms with Crippen molar-refractivity contribution in [3.8, 4) is 5.69 Å². The van der Waals surface area contributed by atoms with Crippen LogP contribution in [0.1, 0.15) is 24.3 Å². The summed E-state index contributed by atoms with van der Waals surface area (Å²) in [6, 6.07) is 4.19. The van der Waals surface area contributed by atoms with E-state index in [1.165, 1.54) is 23.5 Å². The van der Waals surface area contributed by atoms with Crippen LogP contribution in [0.15, 0.2) is 35.5 Å². The number of nitrogens with zero attached hydrogens (tertiary/aromatic N) is 2. The van der Waals surface area contributed by atoms with E-state index in [1.807, 2.05) is 20.8 Å². The van der Waals surface area contributed by atoms with E-state index in [9.17, 15) is 18.0 Å². The fourth-order valence-electron chi connectivity index (χ4n) is 1.90. The predicted molar refractivity (Wildman–Crippen MR) is 82.6 cm³/mol. The van der Waals surface area contributed by atoms with Gasteiger partial charge in [-0.1, -0.05) is 0 Å². The Kier molecular flexibility index (Phi) is 4.93. The predicted octanol–water partition coefficient (Wildman–Crippen LogP) is 3.88. The first kappa shape index (κ1) is 17.3. The van der Waals surface area contributed by atoms with Crippen molar-refractivity contribution in [1.29, 1.82) is 0 Å². The molecular formula is C15H16F3N3OS. The lowest BCUT2D eigenvalue weighted by atomic mass is 10.2. The largest absolute Gasteiger partial charge is 0.416 e. The van der Waals surface area contributed by atoms with Gasteiger partial charge in [0.1, 0.15) is 0 Å². The number of nitrogens with one attached hydrogen (secondary N) is 1. The molecule has 0 aliphatic heterocycles. The van der Waals surface area contributed by atoms with Gasteiger partial charge in [0.25, 0.3) is 0 Å². The molecule has 0 fully saturated rings. The zero-order valence-corrected chi connectivity index (χ0v) is 13.6. The molecule has 0 saturated carbocycles. The highest BCUT2D eigenvalue weighted by Gasteiger charge is 2.30. The number of hydrogen-bond acceptors (Lipinski definition) is 2. The summed E-state index contributed by atoms with van der Waals surface area (Å²) in [5.41, 5.74) is -0.205. The zero-order chi connectivity index (χ0) is 17.2. The van der Waals surface area contributed by atoms with E-state index in [0.717, 1.165) is 17.0 Å². The Hall–Kier alpha value is -2.09. The van der Waals surface area contributed by atoms with Crippen molar-refractivity contribution in [3.63, 3.8) is 0 Å². The molecule has 1 aromatic heterocycles. The number of hydrogen-bond donors (Lipinski definition) is 1. The summed E-state index contributed by atoms with van der Waals surface area (Å²) >= 11 is 1.29. The van der Waals surface area contributed by atoms with Crippen molar-refractivity contribution >= 4 is 17.4 Å². The third kappa shape index (κ3) is 4.44. The number of aromatic nitrogens is 1. The molecular weight excluding hydrogens is 327 g/mol. The van der Waals surface area contributed by atoms with Gasteiger partial charge in [-0.15, -0.1) is 11.3 Å². The molecule has 1 aromatic carbocycles. The zero-order valence-electron chi connectivity index (χ0n) is 12.8. The van der Waals surface area contributed by atoms with Crippen molar-refractivity contribution in [3.05, 3.63) is 45.7 Å². The summed E-state index contributed by atoms with van der Waals surface area (Å²) in [7, 11) is 0. The van der Waals surface area contributed by atoms with Gasteiger partial charge in [-0.3, -0.25) is 4.57 Å². The van der Waals surface area contributed by atoms with Crippen LogP contribution in [0.2, 0.25) is 0 Å². The molecule has 0 spiro atoms. The second-order valence-electron chi connectivity index (χ2n) is 5.26. The number of thiazole rings is 1. The molecule has 124 valence electrons. The van der Waals surface area contributed by atoms with Crippen LogP contribution in [0.5, 0.6) is 0 Å². The lowest BCUT2D eigenvalue weighted by Crippen LogP contribution is -2.29. The number of amides is 2. The molecule has 2 aromatic rings. The van der Waals surface area contributed by atoms with E-state index in [-0.39, 0.29) is 6.04 Å². The van der Waals surface area contributed by atoms with Crippen molar-refractivity contribution in [1.82, 2.24) is 9.88 Å². The summed E-state index contributed by atoms with van der Waals surface area (Å²) in [5.74, 6) is 0. The molecule has 1 heterocycles. The van der Waals surface area contributed by atoms with Crippen molar-refractivity contribution in [2.45, 2.75) is 33.0 Å². The number of alkyl halides is 3. The number of aryl methyl sites for hydroxylation is 1. The smallest absolute Gasteiger partial charge is 0.334 e. The Morgan fingerprint density at radius 2 is 1.87 bits per heavy atom. The van der Waals surface area contributed by atoms with E-state index in [0.29, 0.717) is 10.5 Å². The van der Waals surface area contributed by atoms with Crippen molar-refractivity contribution in [2.24, 2.45) is 4.99 Å². The third-order valence-corrected chi connectivity index (χ3v) is 3.75. The molecule has 4 nitrogen and oxygen atoms in total. The van der Waals surface area contributed by atoms with Crippen LogP contribution in [0.4, 0.5) is 18.0 Å². The molecule has 0 atom stereocenters. The SMILES string of the molecule is Cc1cn(-c2ccc(C(F)(F)F)cc2)/c(=N/C(=O)NC(C)C)s1. The summed E-state index contributed by atoms with van der Waals surface area (Å²) in [4.78, 5) is 17.0. The maximum Gasteiger partial charge on any atom is 0.416 e. The van der Waals surface area contributed by atoms with Gasteiger partial charge >= 0.3 is 12.2 Å². The Balaban J connectivity index is 2.41. The second-order valence-corrected chi connectivity index (χ2v) is 6.47. The molecule has 2 amide bonds. The van der Waals surface area contributed by atoms with Gasteiger partial charge in [-0.25, -0.2) is 4.79 Å². The van der Waals surface area contributed by atoms with Gasteiger partial charge in [-0.05, 0) is 45.0 Å². The van der Waals surface area contributed by atoms with Gasteiger partial charge in [0.15, 0.2) is 4.80 Å². The maximum absolute atomic E-state index is 12.6. The molecule has 1 N–H and O–H groups in total. The van der Waals surface area contributed by atoms with Crippen LogP contribution < -0.4 is 10.1 Å². The summed E-state index contributed by atoms with van der Waals surface area (Å²) in [5, 5.41) is 2.65. The first-order valence-electron chi connectivity index (χ1n) is 6.89. The molecule has 0 saturated heterocycles. The number of rotatable bonds is 2. The molecule has 23 heavy (non-hydrogen) atoms. The van der Waals surface area contributed by atoms with E-state index in [2.05, 4.69) is 10.3 Å². The number of carbonyl (C=O) groups excluding carboxylic acids is 1. The lowest BCUT2D eigenvalue weighted by Gasteiger charge is -2.08. The molecule has 0 bridgehead atoms. The number of halogens is 3. The van der Waals surface area contributed by atoms with Crippen LogP contribution in [0.25, 0.3) is 5.69 Å². The molecule has 0 radical (unpaired) electrons. The van der Waals surface area contributed by atoms with Crippen LogP contribution in [-0.4, -0.2) is 16.6 Å². The third-order valence-electron chi connectivity index (χ3n) is 2.85. The minimum atomic E-state index is -4.38. The standard InChI is InChI=1S/C15H16F3N3OS/c1-9(2)19-13(22)20-14-21(8-10(3)23-14)12-6-4-11(5-7-12)15(16,17)18/h4-9H,1-3H3,(H,19,22)/b20-14-. The normalized spacial score (nSPS) is 12.7. The second kappa shape index (κ2) is 6.57. The fourth-order valence-corrected chi connectivity index (χ4v) is 2.73. The average molecular weight is 343 g/mol. The van der Waals surface area contributed by atoms with Crippen LogP contribution in [-0.2, 0) is 6.18 Å². The highest BCUT2D eigenvalue weighted by atomic mass is 32.1. The van der Waals surface area contributed by atoms with Crippen molar-refractivity contribution in [2.75, 3.05) is 0 Å². The Bertz CT molecular complexity index is 758. The first-order valence-corrected chi connectivity index (χ1v) is 7.70. The van der Waals surface area contributed by atoms with Gasteiger partial charge < -0.3 is 5.32 Å². The van der Waals surface area contributed by atoms with Gasteiger partial charge in [0.05, 0.1) is 5.56 Å². The van der Waals surface area contributed by atoms with Crippen LogP contribution in [0, 0.1) is 6.92 Å². The lowest BCUT2D eigenvalue weighted by molar-refractivity contribution is -0.137. The van der Waals surface area contributed by atoms with E-state index >= 15 is 0 Å². The molecule has 2 rings (SSSR count). The molecule has 8 heteroatoms. The molecule has 0 unspecified atom stereocenters. The van der Waals surface area contributed by atoms with E-state index in [1.54, 1.807) is 10.8 Å². The molecule has 0 aliphatic rings. The summed E-state index contributed by atoms with van der Waals surface area (Å²) < 4.78 is 39.5. The maximum atomic E-state index is 12.6. The molecule has 0 aliphatic carbocycles. The van der Waals surface area contributed by atoms with Gasteiger partial charge in [-0.2, -0.15) is 18.2 Å². The van der Waals surface area contributed by atoms with E-state index in [4.69, 9.17) is 0 Å². The quantitative estimate of drug-likeness (QED) is 0.884. The first-order chi connectivity index (χ1) is 10.7. The van der Waals surface area contributed by atoms with Crippen molar-refractivity contribution < 1.29 is 18.0 Å². The minimum absolute atomic E-state index is 0.0492. The monoisotopic (exact) mass is 343 g/mol. The number of urea groups is 1. The Morgan fingerprint density at radius 3 is 2.39 bits per heavy atom. The summed E-state index contributed by atoms with van der Waals surface area (Å²) in [6.07, 6.45) is -2.65. The average Bonchev–Trinajstić information content (AvgIpc) is 2.77. The number of benzene rings is 1. The van der Waals surface area contributed by atoms with E-state index < -0.39 is 17.8 Å². The van der Waals surface area contributed by atoms with Crippen LogP contribution in [0.3, 0.4) is 0 Å². The van der Waals surface area contributed by atoms with Crippen LogP contribution >= 0.6 is 11.3 Å². The number of carbonyl (C=O) groups is 1. The fraction of sp³-hybridized carbons (Fsp3) is 0.333. The highest BCUT2D eigenvalue weighted by Crippen LogP contribution is 2.29. The Labute approximate surface area is 135 Å².